The van der Waals surface area contributed by atoms with Crippen LogP contribution in [0, 0.1) is 12.8 Å². The number of rotatable bonds is 7. The Morgan fingerprint density at radius 1 is 1.22 bits per heavy atom. The minimum absolute atomic E-state index is 0.0275. The molecule has 1 aliphatic heterocycles. The van der Waals surface area contributed by atoms with E-state index in [1.54, 1.807) is 13.8 Å². The predicted molar refractivity (Wildman–Crippen MR) is 111 cm³/mol. The van der Waals surface area contributed by atoms with Gasteiger partial charge in [-0.05, 0) is 38.5 Å². The number of carbonyl (C=O) groups excluding carboxylic acids is 2. The van der Waals surface area contributed by atoms with Crippen molar-refractivity contribution < 1.29 is 27.5 Å². The number of nitrogens with one attached hydrogen (secondary N) is 3. The third kappa shape index (κ3) is 5.72. The highest BCUT2D eigenvalue weighted by Gasteiger charge is 2.35. The number of hydrogen-bond donors (Lipinski definition) is 3. The fraction of sp³-hybridized carbons (Fsp3) is 0.429. The van der Waals surface area contributed by atoms with Crippen LogP contribution in [-0.2, 0) is 15.7 Å². The summed E-state index contributed by atoms with van der Waals surface area (Å²) in [5, 5.41) is 8.11. The van der Waals surface area contributed by atoms with Gasteiger partial charge in [-0.25, -0.2) is 4.98 Å². The molecule has 2 aromatic rings. The molecule has 0 radical (unpaired) electrons. The number of aromatic nitrogens is 2. The highest BCUT2D eigenvalue weighted by atomic mass is 19.4. The highest BCUT2D eigenvalue weighted by molar-refractivity contribution is 6.02. The minimum Gasteiger partial charge on any atom is -0.384 e. The van der Waals surface area contributed by atoms with Gasteiger partial charge in [0.15, 0.2) is 0 Å². The van der Waals surface area contributed by atoms with Crippen LogP contribution < -0.4 is 16.0 Å². The smallest absolute Gasteiger partial charge is 0.384 e. The Morgan fingerprint density at radius 2 is 2.00 bits per heavy atom. The zero-order valence-corrected chi connectivity index (χ0v) is 17.6. The van der Waals surface area contributed by atoms with Crippen molar-refractivity contribution in [1.29, 1.82) is 0 Å². The summed E-state index contributed by atoms with van der Waals surface area (Å²) in [4.78, 5) is 33.8. The summed E-state index contributed by atoms with van der Waals surface area (Å²) in [7, 11) is 0. The van der Waals surface area contributed by atoms with E-state index >= 15 is 0 Å². The molecule has 1 saturated heterocycles. The lowest BCUT2D eigenvalue weighted by molar-refractivity contribution is -0.137. The van der Waals surface area contributed by atoms with E-state index in [1.165, 1.54) is 18.5 Å². The Balaban J connectivity index is 1.85. The Labute approximate surface area is 183 Å². The summed E-state index contributed by atoms with van der Waals surface area (Å²) in [6.45, 7) is 4.60. The number of hydrogen-bond acceptors (Lipinski definition) is 6. The normalized spacial score (nSPS) is 17.0. The molecule has 2 amide bonds. The maximum Gasteiger partial charge on any atom is 0.416 e. The first-order chi connectivity index (χ1) is 15.2. The van der Waals surface area contributed by atoms with Gasteiger partial charge in [-0.2, -0.15) is 13.2 Å². The maximum atomic E-state index is 13.2. The fourth-order valence-electron chi connectivity index (χ4n) is 3.32. The molecule has 3 rings (SSSR count). The minimum atomic E-state index is -4.57. The van der Waals surface area contributed by atoms with E-state index in [1.807, 2.05) is 0 Å². The summed E-state index contributed by atoms with van der Waals surface area (Å²) >= 11 is 0. The van der Waals surface area contributed by atoms with E-state index in [0.29, 0.717) is 31.0 Å². The van der Waals surface area contributed by atoms with Crippen LogP contribution in [0.25, 0.3) is 0 Å². The van der Waals surface area contributed by atoms with Gasteiger partial charge in [0, 0.05) is 25.3 Å². The average Bonchev–Trinajstić information content (AvgIpc) is 3.27. The van der Waals surface area contributed by atoms with Gasteiger partial charge in [-0.15, -0.1) is 0 Å². The molecule has 0 saturated carbocycles. The summed E-state index contributed by atoms with van der Waals surface area (Å²) in [6.07, 6.45) is -1.34. The van der Waals surface area contributed by atoms with Gasteiger partial charge in [0.2, 0.25) is 5.91 Å². The molecule has 2 heterocycles. The Morgan fingerprint density at radius 3 is 2.59 bits per heavy atom. The third-order valence-corrected chi connectivity index (χ3v) is 4.99. The highest BCUT2D eigenvalue weighted by Crippen LogP contribution is 2.34. The van der Waals surface area contributed by atoms with Crippen LogP contribution in [-0.4, -0.2) is 47.6 Å². The zero-order valence-electron chi connectivity index (χ0n) is 17.6. The number of carbonyl (C=O) groups is 2. The molecule has 1 fully saturated rings. The number of halogens is 3. The van der Waals surface area contributed by atoms with Crippen molar-refractivity contribution in [2.24, 2.45) is 5.92 Å². The number of nitrogens with zero attached hydrogens (tertiary/aromatic N) is 2. The molecule has 0 bridgehead atoms. The van der Waals surface area contributed by atoms with E-state index in [2.05, 4.69) is 25.9 Å². The van der Waals surface area contributed by atoms with E-state index in [9.17, 15) is 22.8 Å². The van der Waals surface area contributed by atoms with Gasteiger partial charge < -0.3 is 20.7 Å². The van der Waals surface area contributed by atoms with Gasteiger partial charge in [-0.1, -0.05) is 0 Å². The fourth-order valence-corrected chi connectivity index (χ4v) is 3.32. The number of alkyl halides is 3. The van der Waals surface area contributed by atoms with Gasteiger partial charge in [0.1, 0.15) is 11.7 Å². The standard InChI is InChI=1S/C21H24F3N5O3/c1-3-25-15-5-4-14(21(22,23)24)8-16(15)28-20(31)18(13-6-7-32-11-13)29-19(30)17-10-26-12(2)9-27-17/h4-5,8-10,13,18,25H,3,6-7,11H2,1-2H3,(H,28,31)(H,29,30). The van der Waals surface area contributed by atoms with Crippen LogP contribution in [0.4, 0.5) is 24.5 Å². The molecule has 11 heteroatoms. The van der Waals surface area contributed by atoms with Crippen molar-refractivity contribution in [3.05, 3.63) is 47.5 Å². The van der Waals surface area contributed by atoms with Crippen molar-refractivity contribution >= 4 is 23.2 Å². The molecule has 0 spiro atoms. The molecule has 1 aromatic heterocycles. The first-order valence-corrected chi connectivity index (χ1v) is 10.1. The number of benzene rings is 1. The van der Waals surface area contributed by atoms with Crippen LogP contribution >= 0.6 is 0 Å². The topological polar surface area (TPSA) is 105 Å². The number of aryl methyl sites for hydroxylation is 1. The Hall–Kier alpha value is -3.21. The number of ether oxygens (including phenoxy) is 1. The van der Waals surface area contributed by atoms with E-state index < -0.39 is 29.6 Å². The van der Waals surface area contributed by atoms with Gasteiger partial charge >= 0.3 is 6.18 Å². The first-order valence-electron chi connectivity index (χ1n) is 10.1. The largest absolute Gasteiger partial charge is 0.416 e. The molecule has 8 nitrogen and oxygen atoms in total. The summed E-state index contributed by atoms with van der Waals surface area (Å²) in [6, 6.07) is 2.03. The number of anilines is 2. The monoisotopic (exact) mass is 451 g/mol. The van der Waals surface area contributed by atoms with E-state index in [4.69, 9.17) is 4.74 Å². The van der Waals surface area contributed by atoms with Crippen LogP contribution in [0.5, 0.6) is 0 Å². The van der Waals surface area contributed by atoms with E-state index in [0.717, 1.165) is 12.1 Å². The predicted octanol–water partition coefficient (Wildman–Crippen LogP) is 3.01. The second kappa shape index (κ2) is 9.94. The molecular weight excluding hydrogens is 427 g/mol. The van der Waals surface area contributed by atoms with Crippen molar-refractivity contribution in [3.8, 4) is 0 Å². The zero-order chi connectivity index (χ0) is 23.3. The summed E-state index contributed by atoms with van der Waals surface area (Å²) in [5.74, 6) is -1.60. The first kappa shape index (κ1) is 23.5. The van der Waals surface area contributed by atoms with Crippen LogP contribution in [0.2, 0.25) is 0 Å². The molecule has 1 aromatic carbocycles. The second-order valence-corrected chi connectivity index (χ2v) is 7.40. The lowest BCUT2D eigenvalue weighted by Gasteiger charge is -2.24. The lowest BCUT2D eigenvalue weighted by Crippen LogP contribution is -2.49. The SMILES string of the molecule is CCNc1ccc(C(F)(F)F)cc1NC(=O)C(NC(=O)c1cnc(C)cn1)C1CCOC1. The van der Waals surface area contributed by atoms with Crippen LogP contribution in [0.1, 0.15) is 35.1 Å². The summed E-state index contributed by atoms with van der Waals surface area (Å²) < 4.78 is 44.9. The Bertz CT molecular complexity index is 960. The van der Waals surface area contributed by atoms with Crippen molar-refractivity contribution in [2.75, 3.05) is 30.4 Å². The molecule has 32 heavy (non-hydrogen) atoms. The van der Waals surface area contributed by atoms with Crippen molar-refractivity contribution in [2.45, 2.75) is 32.5 Å². The Kier molecular flexibility index (Phi) is 7.29. The second-order valence-electron chi connectivity index (χ2n) is 7.40. The molecule has 2 unspecified atom stereocenters. The average molecular weight is 451 g/mol. The lowest BCUT2D eigenvalue weighted by atomic mass is 9.97. The van der Waals surface area contributed by atoms with Gasteiger partial charge in [0.25, 0.3) is 5.91 Å². The molecule has 2 atom stereocenters. The summed E-state index contributed by atoms with van der Waals surface area (Å²) in [5.41, 5.74) is 0.0698. The van der Waals surface area contributed by atoms with Gasteiger partial charge in [0.05, 0.1) is 35.4 Å². The van der Waals surface area contributed by atoms with E-state index in [-0.39, 0.29) is 23.9 Å². The van der Waals surface area contributed by atoms with Crippen molar-refractivity contribution in [3.63, 3.8) is 0 Å². The number of amides is 2. The quantitative estimate of drug-likeness (QED) is 0.598. The van der Waals surface area contributed by atoms with Gasteiger partial charge in [-0.3, -0.25) is 14.6 Å². The molecule has 1 aliphatic rings. The third-order valence-electron chi connectivity index (χ3n) is 4.99. The molecule has 0 aliphatic carbocycles. The maximum absolute atomic E-state index is 13.2. The molecule has 172 valence electrons. The molecular formula is C21H24F3N5O3. The molecule has 3 N–H and O–H groups in total. The van der Waals surface area contributed by atoms with Crippen LogP contribution in [0.3, 0.4) is 0 Å². The van der Waals surface area contributed by atoms with Crippen LogP contribution in [0.15, 0.2) is 30.6 Å². The van der Waals surface area contributed by atoms with Crippen molar-refractivity contribution in [1.82, 2.24) is 15.3 Å².